The molecule has 0 atom stereocenters. The van der Waals surface area contributed by atoms with E-state index in [1.165, 1.54) is 19.3 Å². The second-order valence-electron chi connectivity index (χ2n) is 6.62. The van der Waals surface area contributed by atoms with Gasteiger partial charge in [-0.1, -0.05) is 19.3 Å². The highest BCUT2D eigenvalue weighted by molar-refractivity contribution is 9.10. The smallest absolute Gasteiger partial charge is 0.272 e. The first-order chi connectivity index (χ1) is 12.7. The van der Waals surface area contributed by atoms with Crippen LogP contribution in [0.1, 0.15) is 49.5 Å². The van der Waals surface area contributed by atoms with Crippen LogP contribution in [0.15, 0.2) is 29.0 Å². The van der Waals surface area contributed by atoms with Crippen LogP contribution in [-0.4, -0.2) is 36.3 Å². The molecule has 136 valence electrons. The van der Waals surface area contributed by atoms with Crippen LogP contribution in [-0.2, 0) is 6.54 Å². The van der Waals surface area contributed by atoms with E-state index in [1.807, 2.05) is 23.9 Å². The highest BCUT2D eigenvalue weighted by Gasteiger charge is 2.20. The number of aromatic nitrogens is 5. The summed E-state index contributed by atoms with van der Waals surface area (Å²) < 4.78 is 4.42. The van der Waals surface area contributed by atoms with E-state index in [9.17, 15) is 4.79 Å². The first kappa shape index (κ1) is 17.2. The summed E-state index contributed by atoms with van der Waals surface area (Å²) in [5.74, 6) is -0.133. The Morgan fingerprint density at radius 2 is 2.12 bits per heavy atom. The number of carbonyl (C=O) groups excluding carboxylic acids is 1. The van der Waals surface area contributed by atoms with Crippen molar-refractivity contribution in [2.24, 2.45) is 0 Å². The maximum atomic E-state index is 12.6. The summed E-state index contributed by atoms with van der Waals surface area (Å²) in [4.78, 5) is 16.9. The Bertz CT molecular complexity index is 940. The summed E-state index contributed by atoms with van der Waals surface area (Å²) in [6, 6.07) is 3.84. The fraction of sp³-hybridized carbons (Fsp3) is 0.444. The van der Waals surface area contributed by atoms with Gasteiger partial charge >= 0.3 is 0 Å². The monoisotopic (exact) mass is 416 g/mol. The first-order valence-electron chi connectivity index (χ1n) is 9.04. The summed E-state index contributed by atoms with van der Waals surface area (Å²) >= 11 is 3.56. The minimum atomic E-state index is -0.133. The molecular weight excluding hydrogens is 396 g/mol. The van der Waals surface area contributed by atoms with Gasteiger partial charge in [0.05, 0.1) is 10.2 Å². The maximum Gasteiger partial charge on any atom is 0.272 e. The molecule has 0 aliphatic heterocycles. The van der Waals surface area contributed by atoms with E-state index in [0.29, 0.717) is 11.3 Å². The van der Waals surface area contributed by atoms with Gasteiger partial charge in [-0.25, -0.2) is 9.50 Å². The average Bonchev–Trinajstić information content (AvgIpc) is 3.25. The van der Waals surface area contributed by atoms with E-state index in [2.05, 4.69) is 36.4 Å². The lowest BCUT2D eigenvalue weighted by atomic mass is 9.95. The van der Waals surface area contributed by atoms with E-state index < -0.39 is 0 Å². The number of carbonyl (C=O) groups is 1. The predicted octanol–water partition coefficient (Wildman–Crippen LogP) is 3.44. The molecule has 0 aromatic carbocycles. The fourth-order valence-electron chi connectivity index (χ4n) is 3.42. The van der Waals surface area contributed by atoms with E-state index in [4.69, 9.17) is 0 Å². The quantitative estimate of drug-likeness (QED) is 0.706. The summed E-state index contributed by atoms with van der Waals surface area (Å²) in [5, 5.41) is 12.2. The Kier molecular flexibility index (Phi) is 4.76. The molecule has 0 unspecified atom stereocenters. The molecule has 0 bridgehead atoms. The number of halogens is 1. The number of amides is 1. The van der Waals surface area contributed by atoms with Gasteiger partial charge in [-0.3, -0.25) is 9.48 Å². The normalized spacial score (nSPS) is 15.5. The zero-order valence-electron chi connectivity index (χ0n) is 14.7. The molecule has 1 fully saturated rings. The van der Waals surface area contributed by atoms with Crippen molar-refractivity contribution in [1.82, 2.24) is 29.7 Å². The number of rotatable bonds is 4. The third-order valence-corrected chi connectivity index (χ3v) is 5.39. The molecule has 3 aromatic rings. The van der Waals surface area contributed by atoms with Crippen molar-refractivity contribution in [3.63, 3.8) is 0 Å². The van der Waals surface area contributed by atoms with Gasteiger partial charge < -0.3 is 5.32 Å². The zero-order valence-corrected chi connectivity index (χ0v) is 16.2. The van der Waals surface area contributed by atoms with Gasteiger partial charge in [-0.05, 0) is 41.8 Å². The number of hydrogen-bond donors (Lipinski definition) is 1. The van der Waals surface area contributed by atoms with Crippen LogP contribution in [0.2, 0.25) is 0 Å². The van der Waals surface area contributed by atoms with Crippen LogP contribution in [0.25, 0.3) is 17.0 Å². The van der Waals surface area contributed by atoms with Gasteiger partial charge in [0.1, 0.15) is 5.69 Å². The predicted molar refractivity (Wildman–Crippen MR) is 102 cm³/mol. The minimum Gasteiger partial charge on any atom is -0.348 e. The van der Waals surface area contributed by atoms with Crippen molar-refractivity contribution in [2.45, 2.75) is 51.6 Å². The van der Waals surface area contributed by atoms with E-state index >= 15 is 0 Å². The number of nitrogens with one attached hydrogen (secondary N) is 1. The Hall–Kier alpha value is -2.22. The summed E-state index contributed by atoms with van der Waals surface area (Å²) in [5.41, 5.74) is 2.60. The first-order valence-corrected chi connectivity index (χ1v) is 9.84. The Labute approximate surface area is 159 Å². The largest absolute Gasteiger partial charge is 0.348 e. The van der Waals surface area contributed by atoms with Gasteiger partial charge in [0, 0.05) is 31.0 Å². The Morgan fingerprint density at radius 1 is 1.31 bits per heavy atom. The van der Waals surface area contributed by atoms with Gasteiger partial charge in [0.2, 0.25) is 0 Å². The summed E-state index contributed by atoms with van der Waals surface area (Å²) in [6.07, 6.45) is 9.35. The Morgan fingerprint density at radius 3 is 2.85 bits per heavy atom. The van der Waals surface area contributed by atoms with Crippen LogP contribution in [0, 0.1) is 0 Å². The summed E-state index contributed by atoms with van der Waals surface area (Å²) in [6.45, 7) is 2.81. The number of fused-ring (bicyclic) bond motifs is 1. The van der Waals surface area contributed by atoms with Crippen molar-refractivity contribution >= 4 is 27.5 Å². The van der Waals surface area contributed by atoms with Crippen molar-refractivity contribution in [3.8, 4) is 11.4 Å². The third kappa shape index (κ3) is 3.25. The van der Waals surface area contributed by atoms with Crippen molar-refractivity contribution < 1.29 is 4.79 Å². The maximum absolute atomic E-state index is 12.6. The molecule has 1 saturated carbocycles. The molecule has 8 heteroatoms. The second-order valence-corrected chi connectivity index (χ2v) is 7.47. The van der Waals surface area contributed by atoms with E-state index in [-0.39, 0.29) is 11.9 Å². The topological polar surface area (TPSA) is 77.1 Å². The molecular formula is C18H21BrN6O. The minimum absolute atomic E-state index is 0.133. The highest BCUT2D eigenvalue weighted by atomic mass is 79.9. The standard InChI is InChI=1S/C18H21BrN6O/c1-2-24-11-13(19)17(23-24)15-8-9-20-16-10-14(22-25(15)16)18(26)21-12-6-4-3-5-7-12/h8-12H,2-7H2,1H3,(H,21,26). The van der Waals surface area contributed by atoms with E-state index in [1.54, 1.807) is 16.8 Å². The second kappa shape index (κ2) is 7.19. The number of hydrogen-bond acceptors (Lipinski definition) is 4. The molecule has 1 amide bonds. The van der Waals surface area contributed by atoms with E-state index in [0.717, 1.165) is 35.2 Å². The van der Waals surface area contributed by atoms with Crippen LogP contribution in [0.4, 0.5) is 0 Å². The molecule has 7 nitrogen and oxygen atoms in total. The third-order valence-electron chi connectivity index (χ3n) is 4.81. The van der Waals surface area contributed by atoms with Crippen molar-refractivity contribution in [2.75, 3.05) is 0 Å². The molecule has 0 saturated heterocycles. The van der Waals surface area contributed by atoms with Crippen LogP contribution in [0.5, 0.6) is 0 Å². The molecule has 1 N–H and O–H groups in total. The SMILES string of the molecule is CCn1cc(Br)c(-c2ccnc3cc(C(=O)NC4CCCCC4)nn23)n1. The van der Waals surface area contributed by atoms with Crippen LogP contribution >= 0.6 is 15.9 Å². The highest BCUT2D eigenvalue weighted by Crippen LogP contribution is 2.27. The van der Waals surface area contributed by atoms with Gasteiger partial charge in [-0.15, -0.1) is 0 Å². The van der Waals surface area contributed by atoms with Gasteiger partial charge in [-0.2, -0.15) is 10.2 Å². The lowest BCUT2D eigenvalue weighted by molar-refractivity contribution is 0.0922. The molecule has 0 spiro atoms. The molecule has 0 radical (unpaired) electrons. The average molecular weight is 417 g/mol. The van der Waals surface area contributed by atoms with Gasteiger partial charge in [0.25, 0.3) is 5.91 Å². The lowest BCUT2D eigenvalue weighted by Crippen LogP contribution is -2.36. The zero-order chi connectivity index (χ0) is 18.1. The molecule has 1 aliphatic rings. The summed E-state index contributed by atoms with van der Waals surface area (Å²) in [7, 11) is 0. The van der Waals surface area contributed by atoms with Gasteiger partial charge in [0.15, 0.2) is 11.3 Å². The van der Waals surface area contributed by atoms with Crippen LogP contribution in [0.3, 0.4) is 0 Å². The lowest BCUT2D eigenvalue weighted by Gasteiger charge is -2.22. The number of aryl methyl sites for hydroxylation is 1. The van der Waals surface area contributed by atoms with Crippen molar-refractivity contribution in [1.29, 1.82) is 0 Å². The van der Waals surface area contributed by atoms with Crippen molar-refractivity contribution in [3.05, 3.63) is 34.7 Å². The fourth-order valence-corrected chi connectivity index (χ4v) is 3.94. The molecule has 4 rings (SSSR count). The molecule has 1 aliphatic carbocycles. The molecule has 3 aromatic heterocycles. The Balaban J connectivity index is 1.66. The number of nitrogens with zero attached hydrogens (tertiary/aromatic N) is 5. The molecule has 3 heterocycles. The molecule has 26 heavy (non-hydrogen) atoms. The van der Waals surface area contributed by atoms with Crippen LogP contribution < -0.4 is 5.32 Å².